The predicted octanol–water partition coefficient (Wildman–Crippen LogP) is 3.52. The molecule has 0 radical (unpaired) electrons. The van der Waals surface area contributed by atoms with Crippen LogP contribution in [0.25, 0.3) is 0 Å². The Morgan fingerprint density at radius 2 is 1.81 bits per heavy atom. The lowest BCUT2D eigenvalue weighted by Crippen LogP contribution is -2.38. The van der Waals surface area contributed by atoms with Crippen molar-refractivity contribution in [2.24, 2.45) is 0 Å². The normalized spacial score (nSPS) is 15.3. The Kier molecular flexibility index (Phi) is 4.61. The third-order valence-electron chi connectivity index (χ3n) is 4.41. The number of ether oxygens (including phenoxy) is 2. The van der Waals surface area contributed by atoms with Gasteiger partial charge in [0.2, 0.25) is 0 Å². The topological polar surface area (TPSA) is 72.5 Å². The summed E-state index contributed by atoms with van der Waals surface area (Å²) < 4.78 is 11.4. The van der Waals surface area contributed by atoms with Gasteiger partial charge in [-0.3, -0.25) is 9.78 Å². The first-order valence-corrected chi connectivity index (χ1v) is 8.60. The van der Waals surface area contributed by atoms with Crippen LogP contribution >= 0.6 is 0 Å². The van der Waals surface area contributed by atoms with Crippen molar-refractivity contribution >= 4 is 11.6 Å². The molecule has 1 aromatic heterocycles. The minimum atomic E-state index is -0.337. The zero-order valence-corrected chi connectivity index (χ0v) is 14.8. The molecule has 1 aliphatic heterocycles. The lowest BCUT2D eigenvalue weighted by Gasteiger charge is -2.28. The number of rotatable bonds is 5. The molecule has 2 heterocycles. The first kappa shape index (κ1) is 16.9. The number of anilines is 1. The highest BCUT2D eigenvalue weighted by Crippen LogP contribution is 2.33. The molecule has 1 atom stereocenters. The number of para-hydroxylation sites is 1. The lowest BCUT2D eigenvalue weighted by molar-refractivity contribution is 0.0935. The van der Waals surface area contributed by atoms with Crippen LogP contribution in [0.3, 0.4) is 0 Å². The van der Waals surface area contributed by atoms with Gasteiger partial charge >= 0.3 is 0 Å². The Morgan fingerprint density at radius 1 is 1.00 bits per heavy atom. The standard InChI is InChI=1S/C21H19N3O3/c1-26-19-12-15(6-7-18(19)27-13-14-8-10-22-11-9-14)20-23-17-5-3-2-4-16(17)21(25)24-20/h2-12,20,23H,13H2,1H3,(H,24,25). The van der Waals surface area contributed by atoms with Gasteiger partial charge in [0.05, 0.1) is 12.7 Å². The van der Waals surface area contributed by atoms with E-state index >= 15 is 0 Å². The van der Waals surface area contributed by atoms with Crippen LogP contribution in [0.15, 0.2) is 67.0 Å². The van der Waals surface area contributed by atoms with E-state index in [0.29, 0.717) is 23.7 Å². The number of hydrogen-bond donors (Lipinski definition) is 2. The number of amides is 1. The summed E-state index contributed by atoms with van der Waals surface area (Å²) in [6.45, 7) is 0.421. The first-order chi connectivity index (χ1) is 13.2. The predicted molar refractivity (Wildman–Crippen MR) is 102 cm³/mol. The molecular weight excluding hydrogens is 342 g/mol. The van der Waals surface area contributed by atoms with Gasteiger partial charge in [-0.25, -0.2) is 0 Å². The van der Waals surface area contributed by atoms with Crippen molar-refractivity contribution in [1.29, 1.82) is 0 Å². The number of carbonyl (C=O) groups excluding carboxylic acids is 1. The van der Waals surface area contributed by atoms with Crippen molar-refractivity contribution in [3.8, 4) is 11.5 Å². The molecule has 2 aromatic carbocycles. The van der Waals surface area contributed by atoms with Crippen LogP contribution in [-0.2, 0) is 6.61 Å². The molecule has 2 N–H and O–H groups in total. The van der Waals surface area contributed by atoms with Crippen molar-refractivity contribution in [1.82, 2.24) is 10.3 Å². The number of fused-ring (bicyclic) bond motifs is 1. The van der Waals surface area contributed by atoms with E-state index < -0.39 is 0 Å². The van der Waals surface area contributed by atoms with Crippen molar-refractivity contribution in [3.05, 3.63) is 83.7 Å². The van der Waals surface area contributed by atoms with Crippen molar-refractivity contribution in [3.63, 3.8) is 0 Å². The molecule has 1 amide bonds. The maximum atomic E-state index is 12.3. The average Bonchev–Trinajstić information content (AvgIpc) is 2.73. The summed E-state index contributed by atoms with van der Waals surface area (Å²) in [4.78, 5) is 16.3. The number of hydrogen-bond acceptors (Lipinski definition) is 5. The van der Waals surface area contributed by atoms with E-state index in [1.54, 1.807) is 25.6 Å². The average molecular weight is 361 g/mol. The molecule has 136 valence electrons. The molecule has 1 aliphatic rings. The summed E-state index contributed by atoms with van der Waals surface area (Å²) in [5.74, 6) is 1.14. The molecule has 4 rings (SSSR count). The van der Waals surface area contributed by atoms with Gasteiger partial charge in [-0.1, -0.05) is 18.2 Å². The van der Waals surface area contributed by atoms with Gasteiger partial charge in [0, 0.05) is 18.1 Å². The highest BCUT2D eigenvalue weighted by molar-refractivity contribution is 6.01. The number of nitrogens with one attached hydrogen (secondary N) is 2. The second kappa shape index (κ2) is 7.37. The van der Waals surface area contributed by atoms with E-state index in [2.05, 4.69) is 15.6 Å². The van der Waals surface area contributed by atoms with E-state index in [0.717, 1.165) is 16.8 Å². The molecule has 0 bridgehead atoms. The lowest BCUT2D eigenvalue weighted by atomic mass is 10.1. The molecule has 6 heteroatoms. The highest BCUT2D eigenvalue weighted by atomic mass is 16.5. The van der Waals surface area contributed by atoms with Crippen LogP contribution in [0.2, 0.25) is 0 Å². The fourth-order valence-corrected chi connectivity index (χ4v) is 3.00. The van der Waals surface area contributed by atoms with Gasteiger partial charge < -0.3 is 20.1 Å². The number of methoxy groups -OCH3 is 1. The molecule has 0 saturated carbocycles. The minimum Gasteiger partial charge on any atom is -0.493 e. The Bertz CT molecular complexity index is 960. The molecule has 27 heavy (non-hydrogen) atoms. The smallest absolute Gasteiger partial charge is 0.255 e. The summed E-state index contributed by atoms with van der Waals surface area (Å²) >= 11 is 0. The van der Waals surface area contributed by atoms with Crippen LogP contribution in [0.5, 0.6) is 11.5 Å². The second-order valence-electron chi connectivity index (χ2n) is 6.15. The number of benzene rings is 2. The molecular formula is C21H19N3O3. The SMILES string of the molecule is COc1cc(C2NC(=O)c3ccccc3N2)ccc1OCc1ccncc1. The van der Waals surface area contributed by atoms with E-state index in [-0.39, 0.29) is 12.1 Å². The van der Waals surface area contributed by atoms with Crippen LogP contribution in [0.1, 0.15) is 27.7 Å². The third-order valence-corrected chi connectivity index (χ3v) is 4.41. The maximum Gasteiger partial charge on any atom is 0.255 e. The number of aromatic nitrogens is 1. The van der Waals surface area contributed by atoms with Gasteiger partial charge in [-0.05, 0) is 47.5 Å². The number of carbonyl (C=O) groups is 1. The fraction of sp³-hybridized carbons (Fsp3) is 0.143. The zero-order chi connectivity index (χ0) is 18.6. The monoisotopic (exact) mass is 361 g/mol. The molecule has 0 aliphatic carbocycles. The Balaban J connectivity index is 1.54. The Labute approximate surface area is 157 Å². The van der Waals surface area contributed by atoms with E-state index in [9.17, 15) is 4.79 Å². The van der Waals surface area contributed by atoms with Crippen molar-refractivity contribution < 1.29 is 14.3 Å². The molecule has 3 aromatic rings. The van der Waals surface area contributed by atoms with Crippen LogP contribution < -0.4 is 20.1 Å². The molecule has 6 nitrogen and oxygen atoms in total. The van der Waals surface area contributed by atoms with Gasteiger partial charge in [0.15, 0.2) is 11.5 Å². The first-order valence-electron chi connectivity index (χ1n) is 8.60. The summed E-state index contributed by atoms with van der Waals surface area (Å²) in [7, 11) is 1.60. The molecule has 0 spiro atoms. The largest absolute Gasteiger partial charge is 0.493 e. The summed E-state index contributed by atoms with van der Waals surface area (Å²) in [5, 5.41) is 6.30. The van der Waals surface area contributed by atoms with Gasteiger partial charge in [0.25, 0.3) is 5.91 Å². The minimum absolute atomic E-state index is 0.105. The highest BCUT2D eigenvalue weighted by Gasteiger charge is 2.24. The number of nitrogens with zero attached hydrogens (tertiary/aromatic N) is 1. The molecule has 0 saturated heterocycles. The van der Waals surface area contributed by atoms with Gasteiger partial charge in [-0.15, -0.1) is 0 Å². The quantitative estimate of drug-likeness (QED) is 0.727. The third kappa shape index (κ3) is 3.55. The van der Waals surface area contributed by atoms with E-state index in [4.69, 9.17) is 9.47 Å². The second-order valence-corrected chi connectivity index (χ2v) is 6.15. The molecule has 0 fully saturated rings. The zero-order valence-electron chi connectivity index (χ0n) is 14.8. The van der Waals surface area contributed by atoms with Gasteiger partial charge in [-0.2, -0.15) is 0 Å². The molecule has 1 unspecified atom stereocenters. The van der Waals surface area contributed by atoms with Gasteiger partial charge in [0.1, 0.15) is 12.8 Å². The Morgan fingerprint density at radius 3 is 2.63 bits per heavy atom. The van der Waals surface area contributed by atoms with Crippen LogP contribution in [-0.4, -0.2) is 18.0 Å². The summed E-state index contributed by atoms with van der Waals surface area (Å²) in [6, 6.07) is 16.9. The van der Waals surface area contributed by atoms with Crippen molar-refractivity contribution in [2.45, 2.75) is 12.8 Å². The van der Waals surface area contributed by atoms with Crippen LogP contribution in [0, 0.1) is 0 Å². The number of pyridine rings is 1. The Hall–Kier alpha value is -3.54. The maximum absolute atomic E-state index is 12.3. The van der Waals surface area contributed by atoms with Crippen LogP contribution in [0.4, 0.5) is 5.69 Å². The van der Waals surface area contributed by atoms with E-state index in [1.165, 1.54) is 0 Å². The fourth-order valence-electron chi connectivity index (χ4n) is 3.00. The summed E-state index contributed by atoms with van der Waals surface area (Å²) in [5.41, 5.74) is 3.35. The summed E-state index contributed by atoms with van der Waals surface area (Å²) in [6.07, 6.45) is 3.12. The van der Waals surface area contributed by atoms with Crippen molar-refractivity contribution in [2.75, 3.05) is 12.4 Å². The van der Waals surface area contributed by atoms with E-state index in [1.807, 2.05) is 48.5 Å².